The second-order valence-electron chi connectivity index (χ2n) is 4.86. The summed E-state index contributed by atoms with van der Waals surface area (Å²) < 4.78 is 0. The fraction of sp³-hybridized carbons (Fsp3) is 0.0556. The minimum atomic E-state index is -0.256. The van der Waals surface area contributed by atoms with E-state index in [0.717, 1.165) is 16.8 Å². The third-order valence-electron chi connectivity index (χ3n) is 3.36. The second-order valence-corrected chi connectivity index (χ2v) is 4.86. The van der Waals surface area contributed by atoms with Gasteiger partial charge in [-0.15, -0.1) is 0 Å². The number of carbonyl (C=O) groups excluding carboxylic acids is 1. The molecule has 0 spiro atoms. The van der Waals surface area contributed by atoms with Crippen molar-refractivity contribution in [3.63, 3.8) is 0 Å². The molecule has 3 aromatic rings. The highest BCUT2D eigenvalue weighted by Crippen LogP contribution is 2.27. The average molecular weight is 289 g/mol. The zero-order valence-electron chi connectivity index (χ0n) is 12.2. The molecule has 1 N–H and O–H groups in total. The molecule has 0 aliphatic carbocycles. The number of anilines is 1. The zero-order chi connectivity index (χ0) is 15.4. The third kappa shape index (κ3) is 2.86. The van der Waals surface area contributed by atoms with E-state index < -0.39 is 0 Å². The molecule has 4 heteroatoms. The van der Waals surface area contributed by atoms with Crippen LogP contribution in [0.2, 0.25) is 0 Å². The molecule has 2 aromatic carbocycles. The van der Waals surface area contributed by atoms with Crippen molar-refractivity contribution in [2.24, 2.45) is 0 Å². The summed E-state index contributed by atoms with van der Waals surface area (Å²) >= 11 is 0. The van der Waals surface area contributed by atoms with E-state index in [1.54, 1.807) is 13.1 Å². The van der Waals surface area contributed by atoms with E-state index in [-0.39, 0.29) is 5.91 Å². The van der Waals surface area contributed by atoms with Gasteiger partial charge in [0.2, 0.25) is 0 Å². The van der Waals surface area contributed by atoms with Crippen LogP contribution in [0.25, 0.3) is 11.1 Å². The molecule has 0 fully saturated rings. The van der Waals surface area contributed by atoms with Crippen LogP contribution in [-0.2, 0) is 0 Å². The predicted molar refractivity (Wildman–Crippen MR) is 86.6 cm³/mol. The summed E-state index contributed by atoms with van der Waals surface area (Å²) in [5, 5.41) is 2.92. The number of amides is 1. The highest BCUT2D eigenvalue weighted by molar-refractivity contribution is 6.05. The maximum atomic E-state index is 12.4. The van der Waals surface area contributed by atoms with Crippen molar-refractivity contribution >= 4 is 11.6 Å². The summed E-state index contributed by atoms with van der Waals surface area (Å²) in [5.41, 5.74) is 3.72. The molecule has 0 radical (unpaired) electrons. The standard InChI is InChI=1S/C18H15N3O/c1-13-17(20-12-11-19-13)18(22)21-16-10-6-5-9-15(16)14-7-3-2-4-8-14/h2-12H,1H3,(H,21,22). The highest BCUT2D eigenvalue weighted by Gasteiger charge is 2.13. The first-order valence-electron chi connectivity index (χ1n) is 6.99. The molecule has 1 heterocycles. The van der Waals surface area contributed by atoms with Crippen molar-refractivity contribution in [3.05, 3.63) is 78.4 Å². The first-order valence-corrected chi connectivity index (χ1v) is 6.99. The van der Waals surface area contributed by atoms with Crippen LogP contribution >= 0.6 is 0 Å². The van der Waals surface area contributed by atoms with E-state index in [1.165, 1.54) is 6.20 Å². The number of para-hydroxylation sites is 1. The van der Waals surface area contributed by atoms with Crippen molar-refractivity contribution in [1.29, 1.82) is 0 Å². The van der Waals surface area contributed by atoms with Crippen molar-refractivity contribution < 1.29 is 4.79 Å². The van der Waals surface area contributed by atoms with Crippen LogP contribution in [0.3, 0.4) is 0 Å². The van der Waals surface area contributed by atoms with Gasteiger partial charge in [-0.3, -0.25) is 9.78 Å². The van der Waals surface area contributed by atoms with E-state index >= 15 is 0 Å². The number of benzene rings is 2. The van der Waals surface area contributed by atoms with E-state index in [2.05, 4.69) is 15.3 Å². The Labute approximate surface area is 128 Å². The lowest BCUT2D eigenvalue weighted by molar-refractivity contribution is 0.102. The van der Waals surface area contributed by atoms with Crippen molar-refractivity contribution in [3.8, 4) is 11.1 Å². The number of aryl methyl sites for hydroxylation is 1. The molecule has 0 unspecified atom stereocenters. The Morgan fingerprint density at radius 2 is 1.59 bits per heavy atom. The van der Waals surface area contributed by atoms with Gasteiger partial charge < -0.3 is 5.32 Å². The molecule has 0 saturated carbocycles. The lowest BCUT2D eigenvalue weighted by atomic mass is 10.0. The summed E-state index contributed by atoms with van der Waals surface area (Å²) in [5.74, 6) is -0.256. The van der Waals surface area contributed by atoms with Crippen molar-refractivity contribution in [2.75, 3.05) is 5.32 Å². The molecule has 108 valence electrons. The van der Waals surface area contributed by atoms with Crippen LogP contribution in [0.4, 0.5) is 5.69 Å². The Morgan fingerprint density at radius 3 is 2.36 bits per heavy atom. The number of nitrogens with one attached hydrogen (secondary N) is 1. The topological polar surface area (TPSA) is 54.9 Å². The van der Waals surface area contributed by atoms with Gasteiger partial charge in [0.1, 0.15) is 5.69 Å². The summed E-state index contributed by atoms with van der Waals surface area (Å²) in [4.78, 5) is 20.6. The summed E-state index contributed by atoms with van der Waals surface area (Å²) in [6.45, 7) is 1.77. The van der Waals surface area contributed by atoms with E-state index in [9.17, 15) is 4.79 Å². The lowest BCUT2D eigenvalue weighted by Crippen LogP contribution is -2.16. The molecule has 1 aromatic heterocycles. The first kappa shape index (κ1) is 13.9. The maximum Gasteiger partial charge on any atom is 0.276 e. The van der Waals surface area contributed by atoms with Crippen LogP contribution < -0.4 is 5.32 Å². The molecular formula is C18H15N3O. The minimum absolute atomic E-state index is 0.256. The van der Waals surface area contributed by atoms with Crippen LogP contribution in [0.15, 0.2) is 67.0 Å². The SMILES string of the molecule is Cc1nccnc1C(=O)Nc1ccccc1-c1ccccc1. The number of nitrogens with zero attached hydrogens (tertiary/aromatic N) is 2. The minimum Gasteiger partial charge on any atom is -0.320 e. The Bertz CT molecular complexity index is 800. The highest BCUT2D eigenvalue weighted by atomic mass is 16.1. The molecule has 4 nitrogen and oxygen atoms in total. The quantitative estimate of drug-likeness (QED) is 0.799. The van der Waals surface area contributed by atoms with Crippen LogP contribution in [0.1, 0.15) is 16.2 Å². The van der Waals surface area contributed by atoms with Gasteiger partial charge in [-0.1, -0.05) is 48.5 Å². The normalized spacial score (nSPS) is 10.2. The molecular weight excluding hydrogens is 274 g/mol. The Balaban J connectivity index is 1.94. The van der Waals surface area contributed by atoms with E-state index in [4.69, 9.17) is 0 Å². The van der Waals surface area contributed by atoms with Gasteiger partial charge in [-0.05, 0) is 18.6 Å². The van der Waals surface area contributed by atoms with Gasteiger partial charge in [0.15, 0.2) is 0 Å². The first-order chi connectivity index (χ1) is 10.8. The third-order valence-corrected chi connectivity index (χ3v) is 3.36. The van der Waals surface area contributed by atoms with Crippen molar-refractivity contribution in [2.45, 2.75) is 6.92 Å². The number of hydrogen-bond donors (Lipinski definition) is 1. The molecule has 0 aliphatic heterocycles. The lowest BCUT2D eigenvalue weighted by Gasteiger charge is -2.11. The monoisotopic (exact) mass is 289 g/mol. The van der Waals surface area contributed by atoms with Crippen LogP contribution in [-0.4, -0.2) is 15.9 Å². The molecule has 0 saturated heterocycles. The zero-order valence-corrected chi connectivity index (χ0v) is 12.2. The van der Waals surface area contributed by atoms with Crippen molar-refractivity contribution in [1.82, 2.24) is 9.97 Å². The molecule has 0 atom stereocenters. The Hall–Kier alpha value is -3.01. The number of carbonyl (C=O) groups is 1. The van der Waals surface area contributed by atoms with Gasteiger partial charge in [-0.25, -0.2) is 4.98 Å². The Morgan fingerprint density at radius 1 is 0.909 bits per heavy atom. The summed E-state index contributed by atoms with van der Waals surface area (Å²) in [6, 6.07) is 17.6. The average Bonchev–Trinajstić information content (AvgIpc) is 2.56. The second kappa shape index (κ2) is 6.18. The van der Waals surface area contributed by atoms with Gasteiger partial charge >= 0.3 is 0 Å². The van der Waals surface area contributed by atoms with Gasteiger partial charge in [0.25, 0.3) is 5.91 Å². The number of hydrogen-bond acceptors (Lipinski definition) is 3. The molecule has 0 aliphatic rings. The Kier molecular flexibility index (Phi) is 3.92. The van der Waals surface area contributed by atoms with Crippen LogP contribution in [0.5, 0.6) is 0 Å². The van der Waals surface area contributed by atoms with E-state index in [1.807, 2.05) is 54.6 Å². The van der Waals surface area contributed by atoms with Crippen LogP contribution in [0, 0.1) is 6.92 Å². The van der Waals surface area contributed by atoms with Gasteiger partial charge in [-0.2, -0.15) is 0 Å². The number of aromatic nitrogens is 2. The smallest absolute Gasteiger partial charge is 0.276 e. The predicted octanol–water partition coefficient (Wildman–Crippen LogP) is 3.70. The molecule has 1 amide bonds. The molecule has 22 heavy (non-hydrogen) atoms. The fourth-order valence-electron chi connectivity index (χ4n) is 2.27. The summed E-state index contributed by atoms with van der Waals surface area (Å²) in [7, 11) is 0. The van der Waals surface area contributed by atoms with Gasteiger partial charge in [0.05, 0.1) is 5.69 Å². The molecule has 3 rings (SSSR count). The fourth-order valence-corrected chi connectivity index (χ4v) is 2.27. The largest absolute Gasteiger partial charge is 0.320 e. The van der Waals surface area contributed by atoms with Gasteiger partial charge in [0, 0.05) is 23.6 Å². The van der Waals surface area contributed by atoms with E-state index in [0.29, 0.717) is 11.4 Å². The number of rotatable bonds is 3. The summed E-state index contributed by atoms with van der Waals surface area (Å²) in [6.07, 6.45) is 3.09. The molecule has 0 bridgehead atoms. The maximum absolute atomic E-state index is 12.4.